The third-order valence-corrected chi connectivity index (χ3v) is 5.35. The third kappa shape index (κ3) is 3.15. The van der Waals surface area contributed by atoms with Crippen molar-refractivity contribution in [2.75, 3.05) is 31.1 Å². The SMILES string of the molecule is CCCn1c(=O)n(C[NH+]2CCN(c3ccccc3)CC2)c2ccccc21. The number of fused-ring (bicyclic) bond motifs is 1. The largest absolute Gasteiger partial charge is 0.360 e. The van der Waals surface area contributed by atoms with Gasteiger partial charge in [-0.05, 0) is 30.7 Å². The minimum absolute atomic E-state index is 0.131. The zero-order valence-electron chi connectivity index (χ0n) is 15.4. The van der Waals surface area contributed by atoms with Gasteiger partial charge in [0.1, 0.15) is 0 Å². The van der Waals surface area contributed by atoms with Crippen LogP contribution in [0.2, 0.25) is 0 Å². The molecule has 0 unspecified atom stereocenters. The minimum atomic E-state index is 0.131. The highest BCUT2D eigenvalue weighted by Crippen LogP contribution is 2.14. The molecule has 26 heavy (non-hydrogen) atoms. The molecule has 2 aromatic carbocycles. The molecule has 1 aliphatic heterocycles. The molecule has 2 heterocycles. The Morgan fingerprint density at radius 2 is 1.50 bits per heavy atom. The second-order valence-electron chi connectivity index (χ2n) is 7.08. The molecule has 1 aliphatic rings. The summed E-state index contributed by atoms with van der Waals surface area (Å²) in [5.41, 5.74) is 3.54. The van der Waals surface area contributed by atoms with E-state index in [-0.39, 0.29) is 5.69 Å². The monoisotopic (exact) mass is 351 g/mol. The molecule has 1 fully saturated rings. The fraction of sp³-hybridized carbons (Fsp3) is 0.381. The second kappa shape index (κ2) is 7.38. The van der Waals surface area contributed by atoms with Gasteiger partial charge in [0.2, 0.25) is 0 Å². The summed E-state index contributed by atoms with van der Waals surface area (Å²) in [5, 5.41) is 0. The first-order valence-electron chi connectivity index (χ1n) is 9.59. The fourth-order valence-corrected chi connectivity index (χ4v) is 3.97. The number of nitrogens with zero attached hydrogens (tertiary/aromatic N) is 3. The van der Waals surface area contributed by atoms with E-state index in [2.05, 4.69) is 54.3 Å². The third-order valence-electron chi connectivity index (χ3n) is 5.35. The Hall–Kier alpha value is -2.53. The molecule has 5 heteroatoms. The maximum atomic E-state index is 12.9. The normalized spacial score (nSPS) is 15.7. The standard InChI is InChI=1S/C21H26N4O/c1-2-12-24-19-10-6-7-11-20(19)25(21(24)26)17-22-13-15-23(16-14-22)18-8-4-3-5-9-18/h3-11H,2,12-17H2,1H3/p+1. The van der Waals surface area contributed by atoms with E-state index in [0.29, 0.717) is 0 Å². The number of aryl methyl sites for hydroxylation is 1. The lowest BCUT2D eigenvalue weighted by Gasteiger charge is -2.33. The molecule has 0 amide bonds. The number of aromatic nitrogens is 2. The lowest BCUT2D eigenvalue weighted by Crippen LogP contribution is -3.14. The molecule has 0 bridgehead atoms. The molecule has 4 rings (SSSR count). The van der Waals surface area contributed by atoms with Crippen LogP contribution in [-0.2, 0) is 13.2 Å². The van der Waals surface area contributed by atoms with Crippen LogP contribution < -0.4 is 15.5 Å². The summed E-state index contributed by atoms with van der Waals surface area (Å²) >= 11 is 0. The number of quaternary nitrogens is 1. The van der Waals surface area contributed by atoms with Gasteiger partial charge in [-0.2, -0.15) is 0 Å². The summed E-state index contributed by atoms with van der Waals surface area (Å²) in [6.07, 6.45) is 0.969. The van der Waals surface area contributed by atoms with Gasteiger partial charge in [-0.1, -0.05) is 37.3 Å². The van der Waals surface area contributed by atoms with E-state index in [4.69, 9.17) is 0 Å². The molecule has 0 aliphatic carbocycles. The Balaban J connectivity index is 1.52. The van der Waals surface area contributed by atoms with Crippen molar-refractivity contribution < 1.29 is 4.90 Å². The highest BCUT2D eigenvalue weighted by molar-refractivity contribution is 5.75. The number of anilines is 1. The zero-order chi connectivity index (χ0) is 17.9. The number of hydrogen-bond acceptors (Lipinski definition) is 2. The molecule has 3 aromatic rings. The van der Waals surface area contributed by atoms with Crippen LogP contribution in [0.3, 0.4) is 0 Å². The first-order chi connectivity index (χ1) is 12.8. The van der Waals surface area contributed by atoms with Gasteiger partial charge in [0.25, 0.3) is 0 Å². The number of benzene rings is 2. The summed E-state index contributed by atoms with van der Waals surface area (Å²) < 4.78 is 3.90. The van der Waals surface area contributed by atoms with Gasteiger partial charge in [0, 0.05) is 12.2 Å². The summed E-state index contributed by atoms with van der Waals surface area (Å²) in [5.74, 6) is 0. The summed E-state index contributed by atoms with van der Waals surface area (Å²) in [6.45, 7) is 7.81. The molecule has 1 aromatic heterocycles. The Morgan fingerprint density at radius 3 is 2.15 bits per heavy atom. The topological polar surface area (TPSA) is 34.6 Å². The van der Waals surface area contributed by atoms with E-state index in [0.717, 1.165) is 56.8 Å². The predicted molar refractivity (Wildman–Crippen MR) is 106 cm³/mol. The first-order valence-corrected chi connectivity index (χ1v) is 9.59. The van der Waals surface area contributed by atoms with Crippen molar-refractivity contribution in [2.24, 2.45) is 0 Å². The highest BCUT2D eigenvalue weighted by atomic mass is 16.1. The molecule has 0 saturated carbocycles. The molecular formula is C21H27N4O+. The van der Waals surface area contributed by atoms with E-state index in [1.807, 2.05) is 21.3 Å². The number of imidazole rings is 1. The van der Waals surface area contributed by atoms with Gasteiger partial charge >= 0.3 is 5.69 Å². The van der Waals surface area contributed by atoms with Crippen LogP contribution in [0.15, 0.2) is 59.4 Å². The van der Waals surface area contributed by atoms with Crippen molar-refractivity contribution in [3.05, 3.63) is 65.1 Å². The smallest absolute Gasteiger partial charge is 0.333 e. The number of piperazine rings is 1. The molecular weight excluding hydrogens is 324 g/mol. The maximum absolute atomic E-state index is 12.9. The van der Waals surface area contributed by atoms with Crippen molar-refractivity contribution in [3.8, 4) is 0 Å². The zero-order valence-corrected chi connectivity index (χ0v) is 15.4. The van der Waals surface area contributed by atoms with Crippen LogP contribution >= 0.6 is 0 Å². The van der Waals surface area contributed by atoms with Crippen LogP contribution in [0.25, 0.3) is 11.0 Å². The first kappa shape index (κ1) is 16.9. The van der Waals surface area contributed by atoms with Gasteiger partial charge in [0.05, 0.1) is 37.2 Å². The minimum Gasteiger partial charge on any atom is -0.360 e. The van der Waals surface area contributed by atoms with E-state index in [9.17, 15) is 4.79 Å². The van der Waals surface area contributed by atoms with Gasteiger partial charge in [-0.25, -0.2) is 9.36 Å². The van der Waals surface area contributed by atoms with Crippen LogP contribution in [0.5, 0.6) is 0 Å². The van der Waals surface area contributed by atoms with Gasteiger partial charge < -0.3 is 9.80 Å². The van der Waals surface area contributed by atoms with Crippen molar-refractivity contribution in [1.29, 1.82) is 0 Å². The molecule has 0 spiro atoms. The van der Waals surface area contributed by atoms with Crippen LogP contribution in [0.1, 0.15) is 13.3 Å². The quantitative estimate of drug-likeness (QED) is 0.757. The van der Waals surface area contributed by atoms with Gasteiger partial charge in [0.15, 0.2) is 6.67 Å². The Morgan fingerprint density at radius 1 is 0.885 bits per heavy atom. The summed E-state index contributed by atoms with van der Waals surface area (Å²) in [6, 6.07) is 18.8. The lowest BCUT2D eigenvalue weighted by molar-refractivity contribution is -0.923. The molecule has 0 atom stereocenters. The van der Waals surface area contributed by atoms with E-state index >= 15 is 0 Å². The average molecular weight is 351 g/mol. The Kier molecular flexibility index (Phi) is 4.80. The van der Waals surface area contributed by atoms with Crippen molar-refractivity contribution in [3.63, 3.8) is 0 Å². The number of rotatable bonds is 5. The van der Waals surface area contributed by atoms with Gasteiger partial charge in [-0.3, -0.25) is 4.57 Å². The summed E-state index contributed by atoms with van der Waals surface area (Å²) in [4.78, 5) is 16.8. The van der Waals surface area contributed by atoms with Crippen molar-refractivity contribution in [2.45, 2.75) is 26.6 Å². The van der Waals surface area contributed by atoms with E-state index < -0.39 is 0 Å². The van der Waals surface area contributed by atoms with Crippen molar-refractivity contribution in [1.82, 2.24) is 9.13 Å². The summed E-state index contributed by atoms with van der Waals surface area (Å²) in [7, 11) is 0. The van der Waals surface area contributed by atoms with E-state index in [1.165, 1.54) is 10.6 Å². The number of hydrogen-bond donors (Lipinski definition) is 1. The Labute approximate surface area is 154 Å². The van der Waals surface area contributed by atoms with Crippen LogP contribution in [-0.4, -0.2) is 35.3 Å². The van der Waals surface area contributed by atoms with Crippen molar-refractivity contribution >= 4 is 16.7 Å². The molecule has 5 nitrogen and oxygen atoms in total. The van der Waals surface area contributed by atoms with Crippen LogP contribution in [0, 0.1) is 0 Å². The van der Waals surface area contributed by atoms with Gasteiger partial charge in [-0.15, -0.1) is 0 Å². The number of para-hydroxylation sites is 3. The molecule has 1 saturated heterocycles. The fourth-order valence-electron chi connectivity index (χ4n) is 3.97. The highest BCUT2D eigenvalue weighted by Gasteiger charge is 2.22. The molecule has 1 N–H and O–H groups in total. The van der Waals surface area contributed by atoms with Crippen LogP contribution in [0.4, 0.5) is 5.69 Å². The maximum Gasteiger partial charge on any atom is 0.333 e. The molecule has 136 valence electrons. The Bertz CT molecular complexity index is 920. The predicted octanol–water partition coefficient (Wildman–Crippen LogP) is 1.58. The van der Waals surface area contributed by atoms with E-state index in [1.54, 1.807) is 0 Å². The lowest BCUT2D eigenvalue weighted by atomic mass is 10.2. The average Bonchev–Trinajstić information content (AvgIpc) is 2.96. The molecule has 0 radical (unpaired) electrons. The second-order valence-corrected chi connectivity index (χ2v) is 7.08. The number of nitrogens with one attached hydrogen (secondary N) is 1.